The molecule has 0 fully saturated rings. The molecule has 2 aromatic rings. The van der Waals surface area contributed by atoms with Crippen LogP contribution >= 0.6 is 0 Å². The van der Waals surface area contributed by atoms with Crippen LogP contribution in [0.3, 0.4) is 0 Å². The number of anilines is 2. The van der Waals surface area contributed by atoms with Crippen LogP contribution in [0.1, 0.15) is 21.5 Å². The molecule has 4 nitrogen and oxygen atoms in total. The Labute approximate surface area is 112 Å². The van der Waals surface area contributed by atoms with Gasteiger partial charge in [0.15, 0.2) is 0 Å². The van der Waals surface area contributed by atoms with Crippen molar-refractivity contribution < 1.29 is 4.79 Å². The summed E-state index contributed by atoms with van der Waals surface area (Å²) in [5, 5.41) is 3.25. The lowest BCUT2D eigenvalue weighted by atomic mass is 10.1. The lowest BCUT2D eigenvalue weighted by molar-refractivity contribution is 0.100. The molecular formula is C15H17N3O. The van der Waals surface area contributed by atoms with Gasteiger partial charge in [-0.1, -0.05) is 29.8 Å². The van der Waals surface area contributed by atoms with Crippen molar-refractivity contribution in [3.63, 3.8) is 0 Å². The Morgan fingerprint density at radius 1 is 1.21 bits per heavy atom. The third-order valence-corrected chi connectivity index (χ3v) is 2.90. The van der Waals surface area contributed by atoms with Crippen molar-refractivity contribution in [2.45, 2.75) is 13.5 Å². The molecule has 0 aliphatic rings. The normalized spacial score (nSPS) is 10.2. The monoisotopic (exact) mass is 255 g/mol. The summed E-state index contributed by atoms with van der Waals surface area (Å²) in [4.78, 5) is 11.0. The molecule has 5 N–H and O–H groups in total. The van der Waals surface area contributed by atoms with E-state index in [4.69, 9.17) is 11.5 Å². The van der Waals surface area contributed by atoms with E-state index in [9.17, 15) is 4.79 Å². The minimum atomic E-state index is -0.475. The van der Waals surface area contributed by atoms with Gasteiger partial charge in [-0.3, -0.25) is 4.79 Å². The quantitative estimate of drug-likeness (QED) is 0.733. The van der Waals surface area contributed by atoms with Gasteiger partial charge in [-0.15, -0.1) is 0 Å². The molecule has 19 heavy (non-hydrogen) atoms. The number of hydrogen-bond donors (Lipinski definition) is 3. The van der Waals surface area contributed by atoms with E-state index in [0.717, 1.165) is 5.69 Å². The molecule has 2 rings (SSSR count). The first-order valence-electron chi connectivity index (χ1n) is 6.05. The molecule has 0 bridgehead atoms. The molecule has 0 aliphatic carbocycles. The fourth-order valence-corrected chi connectivity index (χ4v) is 1.90. The number of aryl methyl sites for hydroxylation is 1. The molecule has 0 aliphatic heterocycles. The topological polar surface area (TPSA) is 81.1 Å². The first-order valence-corrected chi connectivity index (χ1v) is 6.05. The highest BCUT2D eigenvalue weighted by Gasteiger charge is 2.04. The van der Waals surface area contributed by atoms with Crippen LogP contribution in [0.5, 0.6) is 0 Å². The van der Waals surface area contributed by atoms with E-state index in [1.54, 1.807) is 18.2 Å². The molecule has 0 saturated heterocycles. The number of carbonyl (C=O) groups is 1. The number of benzene rings is 2. The average Bonchev–Trinajstić information content (AvgIpc) is 2.37. The zero-order chi connectivity index (χ0) is 13.8. The molecule has 1 amide bonds. The number of carbonyl (C=O) groups excluding carboxylic acids is 1. The summed E-state index contributed by atoms with van der Waals surface area (Å²) in [5.41, 5.74) is 15.2. The van der Waals surface area contributed by atoms with Crippen LogP contribution in [-0.4, -0.2) is 5.91 Å². The van der Waals surface area contributed by atoms with E-state index < -0.39 is 5.91 Å². The second-order valence-electron chi connectivity index (χ2n) is 4.51. The number of nitrogens with two attached hydrogens (primary N) is 2. The summed E-state index contributed by atoms with van der Waals surface area (Å²) >= 11 is 0. The van der Waals surface area contributed by atoms with Crippen LogP contribution in [0.4, 0.5) is 11.4 Å². The van der Waals surface area contributed by atoms with Crippen LogP contribution < -0.4 is 16.8 Å². The lowest BCUT2D eigenvalue weighted by Gasteiger charge is -2.10. The molecule has 0 heterocycles. The standard InChI is InChI=1S/C15H17N3O/c1-10-3-2-4-11(7-10)9-18-14-6-5-12(15(17)19)8-13(14)16/h2-8,18H,9,16H2,1H3,(H2,17,19). The van der Waals surface area contributed by atoms with Crippen LogP contribution in [0, 0.1) is 6.92 Å². The second kappa shape index (κ2) is 5.44. The zero-order valence-corrected chi connectivity index (χ0v) is 10.8. The number of rotatable bonds is 4. The SMILES string of the molecule is Cc1cccc(CNc2ccc(C(N)=O)cc2N)c1. The maximum atomic E-state index is 11.0. The van der Waals surface area contributed by atoms with E-state index >= 15 is 0 Å². The number of amides is 1. The number of hydrogen-bond acceptors (Lipinski definition) is 3. The average molecular weight is 255 g/mol. The highest BCUT2D eigenvalue weighted by atomic mass is 16.1. The minimum absolute atomic E-state index is 0.415. The van der Waals surface area contributed by atoms with Crippen LogP contribution in [0.2, 0.25) is 0 Å². The molecule has 0 saturated carbocycles. The van der Waals surface area contributed by atoms with Gasteiger partial charge in [-0.05, 0) is 30.7 Å². The smallest absolute Gasteiger partial charge is 0.248 e. The van der Waals surface area contributed by atoms with Crippen molar-refractivity contribution in [1.29, 1.82) is 0 Å². The van der Waals surface area contributed by atoms with Gasteiger partial charge in [0.2, 0.25) is 5.91 Å². The van der Waals surface area contributed by atoms with Gasteiger partial charge < -0.3 is 16.8 Å². The van der Waals surface area contributed by atoms with E-state index in [0.29, 0.717) is 17.8 Å². The first kappa shape index (κ1) is 13.0. The van der Waals surface area contributed by atoms with E-state index in [1.165, 1.54) is 11.1 Å². The van der Waals surface area contributed by atoms with Crippen LogP contribution in [0.15, 0.2) is 42.5 Å². The van der Waals surface area contributed by atoms with Crippen molar-refractivity contribution in [3.8, 4) is 0 Å². The fraction of sp³-hybridized carbons (Fsp3) is 0.133. The van der Waals surface area contributed by atoms with E-state index in [-0.39, 0.29) is 0 Å². The summed E-state index contributed by atoms with van der Waals surface area (Å²) in [7, 11) is 0. The first-order chi connectivity index (χ1) is 9.06. The highest BCUT2D eigenvalue weighted by molar-refractivity contribution is 5.94. The summed E-state index contributed by atoms with van der Waals surface area (Å²) in [6, 6.07) is 13.3. The maximum absolute atomic E-state index is 11.0. The van der Waals surface area contributed by atoms with Crippen LogP contribution in [-0.2, 0) is 6.54 Å². The molecule has 0 aromatic heterocycles. The molecule has 98 valence electrons. The molecular weight excluding hydrogens is 238 g/mol. The van der Waals surface area contributed by atoms with Crippen molar-refractivity contribution in [1.82, 2.24) is 0 Å². The maximum Gasteiger partial charge on any atom is 0.248 e. The Morgan fingerprint density at radius 3 is 2.63 bits per heavy atom. The Morgan fingerprint density at radius 2 is 2.00 bits per heavy atom. The molecule has 0 atom stereocenters. The Bertz CT molecular complexity index is 608. The third-order valence-electron chi connectivity index (χ3n) is 2.90. The molecule has 0 spiro atoms. The van der Waals surface area contributed by atoms with Gasteiger partial charge in [-0.25, -0.2) is 0 Å². The van der Waals surface area contributed by atoms with Crippen molar-refractivity contribution in [3.05, 3.63) is 59.2 Å². The van der Waals surface area contributed by atoms with Crippen molar-refractivity contribution in [2.75, 3.05) is 11.1 Å². The van der Waals surface area contributed by atoms with Crippen molar-refractivity contribution in [2.24, 2.45) is 5.73 Å². The van der Waals surface area contributed by atoms with Gasteiger partial charge in [0.1, 0.15) is 0 Å². The fourth-order valence-electron chi connectivity index (χ4n) is 1.90. The van der Waals surface area contributed by atoms with Gasteiger partial charge in [-0.2, -0.15) is 0 Å². The van der Waals surface area contributed by atoms with E-state index in [1.807, 2.05) is 12.1 Å². The number of nitrogens with one attached hydrogen (secondary N) is 1. The van der Waals surface area contributed by atoms with Crippen molar-refractivity contribution >= 4 is 17.3 Å². The summed E-state index contributed by atoms with van der Waals surface area (Å²) in [6.07, 6.45) is 0. The minimum Gasteiger partial charge on any atom is -0.397 e. The van der Waals surface area contributed by atoms with Crippen LogP contribution in [0.25, 0.3) is 0 Å². The highest BCUT2D eigenvalue weighted by Crippen LogP contribution is 2.20. The van der Waals surface area contributed by atoms with Gasteiger partial charge in [0, 0.05) is 12.1 Å². The Hall–Kier alpha value is -2.49. The number of primary amides is 1. The predicted octanol–water partition coefficient (Wildman–Crippen LogP) is 2.29. The molecule has 4 heteroatoms. The van der Waals surface area contributed by atoms with Gasteiger partial charge in [0.05, 0.1) is 11.4 Å². The largest absolute Gasteiger partial charge is 0.397 e. The summed E-state index contributed by atoms with van der Waals surface area (Å²) in [6.45, 7) is 2.74. The summed E-state index contributed by atoms with van der Waals surface area (Å²) < 4.78 is 0. The molecule has 0 radical (unpaired) electrons. The molecule has 0 unspecified atom stereocenters. The lowest BCUT2D eigenvalue weighted by Crippen LogP contribution is -2.12. The Balaban J connectivity index is 2.10. The summed E-state index contributed by atoms with van der Waals surface area (Å²) in [5.74, 6) is -0.475. The second-order valence-corrected chi connectivity index (χ2v) is 4.51. The molecule has 2 aromatic carbocycles. The van der Waals surface area contributed by atoms with E-state index in [2.05, 4.69) is 24.4 Å². The zero-order valence-electron chi connectivity index (χ0n) is 10.8. The Kier molecular flexibility index (Phi) is 3.71. The van der Waals surface area contributed by atoms with Gasteiger partial charge >= 0.3 is 0 Å². The number of nitrogen functional groups attached to an aromatic ring is 1. The third kappa shape index (κ3) is 3.25. The van der Waals surface area contributed by atoms with Gasteiger partial charge in [0.25, 0.3) is 0 Å². The predicted molar refractivity (Wildman–Crippen MR) is 77.9 cm³/mol.